The summed E-state index contributed by atoms with van der Waals surface area (Å²) in [5.41, 5.74) is 1.90. The molecule has 1 aliphatic rings. The van der Waals surface area contributed by atoms with Crippen LogP contribution in [0.25, 0.3) is 0 Å². The Balaban J connectivity index is 1.80. The number of benzene rings is 2. The van der Waals surface area contributed by atoms with Gasteiger partial charge < -0.3 is 0 Å². The summed E-state index contributed by atoms with van der Waals surface area (Å²) in [5, 5.41) is 1.39. The van der Waals surface area contributed by atoms with Gasteiger partial charge in [0.2, 0.25) is 5.91 Å². The maximum Gasteiger partial charge on any atom is 0.257 e. The number of amides is 1. The van der Waals surface area contributed by atoms with E-state index in [1.807, 2.05) is 24.3 Å². The number of hydrogen-bond acceptors (Lipinski definition) is 3. The first kappa shape index (κ1) is 20.4. The van der Waals surface area contributed by atoms with Crippen molar-refractivity contribution >= 4 is 50.7 Å². The van der Waals surface area contributed by atoms with Crippen LogP contribution in [0.1, 0.15) is 17.0 Å². The third-order valence-corrected chi connectivity index (χ3v) is 6.79. The van der Waals surface area contributed by atoms with Gasteiger partial charge in [0.25, 0.3) is 10.0 Å². The molecule has 0 bridgehead atoms. The monoisotopic (exact) mass is 446 g/mol. The fourth-order valence-corrected chi connectivity index (χ4v) is 5.12. The largest absolute Gasteiger partial charge is 0.273 e. The smallest absolute Gasteiger partial charge is 0.257 e. The summed E-state index contributed by atoms with van der Waals surface area (Å²) in [5.74, 6) is -1.36. The minimum atomic E-state index is -3.93. The number of rotatable bonds is 5. The molecule has 0 radical (unpaired) electrons. The van der Waals surface area contributed by atoms with E-state index in [4.69, 9.17) is 34.8 Å². The first-order valence-corrected chi connectivity index (χ1v) is 10.9. The first-order valence-electron chi connectivity index (χ1n) is 8.12. The lowest BCUT2D eigenvalue weighted by atomic mass is 9.93. The van der Waals surface area contributed by atoms with Gasteiger partial charge in [0.05, 0.1) is 10.8 Å². The van der Waals surface area contributed by atoms with Crippen LogP contribution >= 0.6 is 34.8 Å². The number of carbonyl (C=O) groups is 1. The molecule has 0 unspecified atom stereocenters. The maximum absolute atomic E-state index is 13.0. The van der Waals surface area contributed by atoms with Gasteiger partial charge in [-0.2, -0.15) is 0 Å². The first-order chi connectivity index (χ1) is 12.7. The Morgan fingerprint density at radius 2 is 1.78 bits per heavy atom. The van der Waals surface area contributed by atoms with Crippen molar-refractivity contribution in [2.45, 2.75) is 22.1 Å². The minimum Gasteiger partial charge on any atom is -0.273 e. The van der Waals surface area contributed by atoms with Crippen molar-refractivity contribution in [3.63, 3.8) is 0 Å². The molecule has 5 nitrogen and oxygen atoms in total. The van der Waals surface area contributed by atoms with E-state index in [1.165, 1.54) is 31.3 Å². The van der Waals surface area contributed by atoms with E-state index in [-0.39, 0.29) is 4.90 Å². The number of sulfonamides is 1. The molecule has 0 spiro atoms. The molecule has 0 aliphatic heterocycles. The predicted octanol–water partition coefficient (Wildman–Crippen LogP) is 3.75. The fraction of sp³-hybridized carbons (Fsp3) is 0.278. The molecule has 1 N–H and O–H groups in total. The molecule has 0 saturated carbocycles. The van der Waals surface area contributed by atoms with Gasteiger partial charge in [0.15, 0.2) is 0 Å². The van der Waals surface area contributed by atoms with Gasteiger partial charge in [-0.15, -0.1) is 28.0 Å². The lowest BCUT2D eigenvalue weighted by Crippen LogP contribution is -2.47. The molecule has 0 fully saturated rings. The van der Waals surface area contributed by atoms with E-state index in [1.54, 1.807) is 0 Å². The van der Waals surface area contributed by atoms with E-state index in [9.17, 15) is 13.2 Å². The molecular formula is C18H17Cl3N2O3S. The van der Waals surface area contributed by atoms with Gasteiger partial charge in [-0.1, -0.05) is 35.9 Å². The van der Waals surface area contributed by atoms with Crippen LogP contribution in [0.5, 0.6) is 0 Å². The average Bonchev–Trinajstić information content (AvgIpc) is 3.00. The summed E-state index contributed by atoms with van der Waals surface area (Å²) in [4.78, 5) is 14.5. The van der Waals surface area contributed by atoms with E-state index < -0.39 is 32.6 Å². The second kappa shape index (κ2) is 7.97. The van der Waals surface area contributed by atoms with Gasteiger partial charge in [0.1, 0.15) is 4.84 Å². The van der Waals surface area contributed by atoms with Gasteiger partial charge in [-0.3, -0.25) is 9.80 Å². The number of hydrazine groups is 1. The summed E-state index contributed by atoms with van der Waals surface area (Å²) in [6.07, 6.45) is 0.447. The number of hydrogen-bond donors (Lipinski definition) is 1. The Hall–Kier alpha value is -1.31. The lowest BCUT2D eigenvalue weighted by molar-refractivity contribution is -0.136. The predicted molar refractivity (Wildman–Crippen MR) is 106 cm³/mol. The van der Waals surface area contributed by atoms with Crippen molar-refractivity contribution in [1.82, 2.24) is 9.84 Å². The summed E-state index contributed by atoms with van der Waals surface area (Å²) < 4.78 is 25.0. The SMILES string of the molecule is CN(NS(=O)(=O)c1ccc(Cl)cc1)C(=O)[C@@H]1Cc2ccccc2[C@@H]1C(Cl)Cl. The molecule has 0 heterocycles. The Labute approximate surface area is 173 Å². The third kappa shape index (κ3) is 4.25. The number of alkyl halides is 2. The second-order valence-electron chi connectivity index (χ2n) is 6.32. The maximum atomic E-state index is 13.0. The minimum absolute atomic E-state index is 0.00497. The highest BCUT2D eigenvalue weighted by Crippen LogP contribution is 2.43. The molecule has 3 rings (SSSR count). The molecule has 9 heteroatoms. The molecule has 2 atom stereocenters. The topological polar surface area (TPSA) is 66.5 Å². The van der Waals surface area contributed by atoms with Crippen molar-refractivity contribution in [3.05, 3.63) is 64.7 Å². The van der Waals surface area contributed by atoms with Crippen LogP contribution < -0.4 is 4.83 Å². The number of halogens is 3. The molecule has 27 heavy (non-hydrogen) atoms. The van der Waals surface area contributed by atoms with Crippen LogP contribution in [0.2, 0.25) is 5.02 Å². The van der Waals surface area contributed by atoms with Gasteiger partial charge in [-0.25, -0.2) is 8.42 Å². The highest BCUT2D eigenvalue weighted by molar-refractivity contribution is 7.89. The summed E-state index contributed by atoms with van der Waals surface area (Å²) in [6.45, 7) is 0. The van der Waals surface area contributed by atoms with Crippen LogP contribution in [-0.2, 0) is 21.2 Å². The van der Waals surface area contributed by atoms with Crippen LogP contribution in [0.4, 0.5) is 0 Å². The van der Waals surface area contributed by atoms with Gasteiger partial charge >= 0.3 is 0 Å². The highest BCUT2D eigenvalue weighted by Gasteiger charge is 2.42. The van der Waals surface area contributed by atoms with E-state index >= 15 is 0 Å². The Kier molecular flexibility index (Phi) is 6.03. The lowest BCUT2D eigenvalue weighted by Gasteiger charge is -2.26. The molecule has 144 valence electrons. The molecule has 0 aromatic heterocycles. The van der Waals surface area contributed by atoms with Crippen molar-refractivity contribution in [3.8, 4) is 0 Å². The quantitative estimate of drug-likeness (QED) is 0.561. The van der Waals surface area contributed by atoms with Crippen LogP contribution in [0.15, 0.2) is 53.4 Å². The molecular weight excluding hydrogens is 431 g/mol. The summed E-state index contributed by atoms with van der Waals surface area (Å²) in [7, 11) is -2.56. The summed E-state index contributed by atoms with van der Waals surface area (Å²) in [6, 6.07) is 13.2. The molecule has 2 aromatic carbocycles. The van der Waals surface area contributed by atoms with Crippen molar-refractivity contribution < 1.29 is 13.2 Å². The standard InChI is InChI=1S/C18H17Cl3N2O3S/c1-23(22-27(25,26)13-8-6-12(19)7-9-13)18(24)15-10-11-4-2-3-5-14(11)16(15)17(20)21/h2-9,15-17,22H,10H2,1H3/t15-,16+/m1/s1. The van der Waals surface area contributed by atoms with Gasteiger partial charge in [-0.05, 0) is 41.8 Å². The van der Waals surface area contributed by atoms with E-state index in [0.29, 0.717) is 11.4 Å². The highest BCUT2D eigenvalue weighted by atomic mass is 35.5. The van der Waals surface area contributed by atoms with E-state index in [0.717, 1.165) is 16.1 Å². The zero-order valence-electron chi connectivity index (χ0n) is 14.3. The fourth-order valence-electron chi connectivity index (χ4n) is 3.32. The third-order valence-electron chi connectivity index (χ3n) is 4.59. The van der Waals surface area contributed by atoms with Gasteiger partial charge in [0, 0.05) is 18.0 Å². The van der Waals surface area contributed by atoms with Crippen molar-refractivity contribution in [2.75, 3.05) is 7.05 Å². The summed E-state index contributed by atoms with van der Waals surface area (Å²) >= 11 is 18.1. The second-order valence-corrected chi connectivity index (χ2v) is 9.58. The van der Waals surface area contributed by atoms with Crippen LogP contribution in [-0.4, -0.2) is 31.2 Å². The zero-order chi connectivity index (χ0) is 19.8. The Morgan fingerprint density at radius 1 is 1.15 bits per heavy atom. The normalized spacial score (nSPS) is 19.1. The zero-order valence-corrected chi connectivity index (χ0v) is 17.4. The number of nitrogens with zero attached hydrogens (tertiary/aromatic N) is 1. The molecule has 2 aromatic rings. The number of carbonyl (C=O) groups excluding carboxylic acids is 1. The molecule has 0 saturated heterocycles. The number of nitrogens with one attached hydrogen (secondary N) is 1. The van der Waals surface area contributed by atoms with Crippen molar-refractivity contribution in [2.24, 2.45) is 5.92 Å². The molecule has 1 aliphatic carbocycles. The number of fused-ring (bicyclic) bond motifs is 1. The Morgan fingerprint density at radius 3 is 2.41 bits per heavy atom. The van der Waals surface area contributed by atoms with E-state index in [2.05, 4.69) is 4.83 Å². The van der Waals surface area contributed by atoms with Crippen molar-refractivity contribution in [1.29, 1.82) is 0 Å². The average molecular weight is 448 g/mol. The molecule has 1 amide bonds. The van der Waals surface area contributed by atoms with Crippen LogP contribution in [0, 0.1) is 5.92 Å². The Bertz CT molecular complexity index is 949. The van der Waals surface area contributed by atoms with Crippen LogP contribution in [0.3, 0.4) is 0 Å².